The molecule has 0 saturated heterocycles. The highest BCUT2D eigenvalue weighted by Crippen LogP contribution is 2.19. The van der Waals surface area contributed by atoms with Gasteiger partial charge in [-0.15, -0.1) is 0 Å². The van der Waals surface area contributed by atoms with E-state index in [4.69, 9.17) is 11.6 Å². The van der Waals surface area contributed by atoms with Crippen molar-refractivity contribution in [1.29, 1.82) is 0 Å². The van der Waals surface area contributed by atoms with E-state index in [0.29, 0.717) is 11.4 Å². The Balaban J connectivity index is 1.94. The molecule has 1 heterocycles. The minimum Gasteiger partial charge on any atom is -0.305 e. The van der Waals surface area contributed by atoms with Gasteiger partial charge in [-0.1, -0.05) is 48.0 Å². The highest BCUT2D eigenvalue weighted by molar-refractivity contribution is 6.29. The Morgan fingerprint density at radius 3 is 2.60 bits per heavy atom. The predicted octanol–water partition coefficient (Wildman–Crippen LogP) is 3.54. The third kappa shape index (κ3) is 2.46. The zero-order valence-electron chi connectivity index (χ0n) is 10.4. The summed E-state index contributed by atoms with van der Waals surface area (Å²) < 4.78 is 0. The summed E-state index contributed by atoms with van der Waals surface area (Å²) in [6, 6.07) is 13.3. The third-order valence-corrected chi connectivity index (χ3v) is 3.09. The highest BCUT2D eigenvalue weighted by atomic mass is 35.5. The van der Waals surface area contributed by atoms with Crippen LogP contribution in [0.4, 0.5) is 5.82 Å². The number of aromatic nitrogens is 2. The summed E-state index contributed by atoms with van der Waals surface area (Å²) in [6.45, 7) is 0. The van der Waals surface area contributed by atoms with Crippen LogP contribution in [0.15, 0.2) is 54.9 Å². The van der Waals surface area contributed by atoms with Crippen molar-refractivity contribution in [3.63, 3.8) is 0 Å². The maximum atomic E-state index is 12.3. The molecule has 0 saturated carbocycles. The van der Waals surface area contributed by atoms with E-state index in [1.807, 2.05) is 36.4 Å². The topological polar surface area (TPSA) is 54.9 Å². The van der Waals surface area contributed by atoms with E-state index in [-0.39, 0.29) is 11.1 Å². The van der Waals surface area contributed by atoms with Crippen LogP contribution in [0.5, 0.6) is 0 Å². The number of carbonyl (C=O) groups is 1. The summed E-state index contributed by atoms with van der Waals surface area (Å²) in [6.07, 6.45) is 2.81. The molecule has 5 heteroatoms. The fourth-order valence-electron chi connectivity index (χ4n) is 1.98. The first-order chi connectivity index (χ1) is 9.74. The zero-order valence-corrected chi connectivity index (χ0v) is 11.1. The van der Waals surface area contributed by atoms with E-state index in [9.17, 15) is 4.79 Å². The lowest BCUT2D eigenvalue weighted by Gasteiger charge is -2.07. The molecule has 0 aliphatic heterocycles. The van der Waals surface area contributed by atoms with Crippen LogP contribution in [0.25, 0.3) is 10.8 Å². The van der Waals surface area contributed by atoms with Gasteiger partial charge < -0.3 is 5.32 Å². The molecule has 0 atom stereocenters. The summed E-state index contributed by atoms with van der Waals surface area (Å²) in [7, 11) is 0. The quantitative estimate of drug-likeness (QED) is 0.783. The minimum atomic E-state index is -0.224. The highest BCUT2D eigenvalue weighted by Gasteiger charge is 2.10. The Bertz CT molecular complexity index is 766. The number of carbonyl (C=O) groups excluding carboxylic acids is 1. The van der Waals surface area contributed by atoms with Gasteiger partial charge in [0.25, 0.3) is 5.91 Å². The van der Waals surface area contributed by atoms with Crippen molar-refractivity contribution >= 4 is 34.1 Å². The van der Waals surface area contributed by atoms with Crippen molar-refractivity contribution in [2.75, 3.05) is 5.32 Å². The van der Waals surface area contributed by atoms with Crippen LogP contribution < -0.4 is 5.32 Å². The van der Waals surface area contributed by atoms with Gasteiger partial charge in [-0.2, -0.15) is 0 Å². The lowest BCUT2D eigenvalue weighted by Crippen LogP contribution is -2.13. The standard InChI is InChI=1S/C15H10ClN3O/c16-13-8-18-14(9-17-13)19-15(20)12-7-3-5-10-4-1-2-6-11(10)12/h1-9H,(H,18,19,20). The molecule has 1 amide bonds. The molecule has 0 aliphatic rings. The molecule has 3 aromatic rings. The predicted molar refractivity (Wildman–Crippen MR) is 78.9 cm³/mol. The molecule has 4 nitrogen and oxygen atoms in total. The maximum Gasteiger partial charge on any atom is 0.257 e. The van der Waals surface area contributed by atoms with Crippen molar-refractivity contribution in [2.45, 2.75) is 0 Å². The Hall–Kier alpha value is -2.46. The number of nitrogens with zero attached hydrogens (tertiary/aromatic N) is 2. The molecule has 20 heavy (non-hydrogen) atoms. The number of nitrogens with one attached hydrogen (secondary N) is 1. The molecule has 1 aromatic heterocycles. The monoisotopic (exact) mass is 283 g/mol. The van der Waals surface area contributed by atoms with Gasteiger partial charge in [-0.25, -0.2) is 9.97 Å². The van der Waals surface area contributed by atoms with E-state index in [0.717, 1.165) is 10.8 Å². The van der Waals surface area contributed by atoms with Crippen molar-refractivity contribution < 1.29 is 4.79 Å². The average Bonchev–Trinajstić information content (AvgIpc) is 2.49. The lowest BCUT2D eigenvalue weighted by atomic mass is 10.0. The summed E-state index contributed by atoms with van der Waals surface area (Å²) in [5.74, 6) is 0.144. The maximum absolute atomic E-state index is 12.3. The van der Waals surface area contributed by atoms with E-state index in [2.05, 4.69) is 15.3 Å². The van der Waals surface area contributed by atoms with Gasteiger partial charge in [0.05, 0.1) is 12.4 Å². The third-order valence-electron chi connectivity index (χ3n) is 2.90. The zero-order chi connectivity index (χ0) is 13.9. The fourth-order valence-corrected chi connectivity index (χ4v) is 2.08. The van der Waals surface area contributed by atoms with Crippen molar-refractivity contribution in [1.82, 2.24) is 9.97 Å². The Morgan fingerprint density at radius 2 is 1.80 bits per heavy atom. The number of amides is 1. The van der Waals surface area contributed by atoms with E-state index in [1.54, 1.807) is 6.07 Å². The van der Waals surface area contributed by atoms with Crippen LogP contribution in [0.1, 0.15) is 10.4 Å². The summed E-state index contributed by atoms with van der Waals surface area (Å²) >= 11 is 5.66. The van der Waals surface area contributed by atoms with E-state index in [1.165, 1.54) is 12.4 Å². The number of halogens is 1. The summed E-state index contributed by atoms with van der Waals surface area (Å²) in [5, 5.41) is 4.91. The molecule has 98 valence electrons. The number of rotatable bonds is 2. The van der Waals surface area contributed by atoms with Crippen molar-refractivity contribution in [3.8, 4) is 0 Å². The minimum absolute atomic E-state index is 0.224. The van der Waals surface area contributed by atoms with Crippen molar-refractivity contribution in [2.24, 2.45) is 0 Å². The number of hydrogen-bond acceptors (Lipinski definition) is 3. The van der Waals surface area contributed by atoms with Gasteiger partial charge in [0, 0.05) is 5.56 Å². The Labute approximate surface area is 120 Å². The molecule has 0 aliphatic carbocycles. The molecule has 2 aromatic carbocycles. The van der Waals surface area contributed by atoms with E-state index < -0.39 is 0 Å². The molecule has 1 N–H and O–H groups in total. The van der Waals surface area contributed by atoms with Crippen LogP contribution >= 0.6 is 11.6 Å². The first kappa shape index (κ1) is 12.6. The van der Waals surface area contributed by atoms with Gasteiger partial charge in [-0.05, 0) is 16.8 Å². The molecule has 3 rings (SSSR count). The summed E-state index contributed by atoms with van der Waals surface area (Å²) in [5.41, 5.74) is 0.597. The summed E-state index contributed by atoms with van der Waals surface area (Å²) in [4.78, 5) is 20.2. The lowest BCUT2D eigenvalue weighted by molar-refractivity contribution is 0.102. The number of benzene rings is 2. The van der Waals surface area contributed by atoms with Gasteiger partial charge in [-0.3, -0.25) is 4.79 Å². The van der Waals surface area contributed by atoms with E-state index >= 15 is 0 Å². The average molecular weight is 284 g/mol. The second-order valence-corrected chi connectivity index (χ2v) is 4.59. The number of fused-ring (bicyclic) bond motifs is 1. The number of anilines is 1. The Kier molecular flexibility index (Phi) is 3.31. The SMILES string of the molecule is O=C(Nc1cnc(Cl)cn1)c1cccc2ccccc12. The molecule has 0 fully saturated rings. The van der Waals surface area contributed by atoms with Gasteiger partial charge in [0.15, 0.2) is 5.82 Å². The first-order valence-electron chi connectivity index (χ1n) is 6.01. The second kappa shape index (κ2) is 5.27. The van der Waals surface area contributed by atoms with Gasteiger partial charge >= 0.3 is 0 Å². The molecule has 0 bridgehead atoms. The number of hydrogen-bond donors (Lipinski definition) is 1. The second-order valence-electron chi connectivity index (χ2n) is 4.21. The first-order valence-corrected chi connectivity index (χ1v) is 6.38. The van der Waals surface area contributed by atoms with Gasteiger partial charge in [0.1, 0.15) is 5.15 Å². The molecule has 0 unspecified atom stereocenters. The molecular weight excluding hydrogens is 274 g/mol. The normalized spacial score (nSPS) is 10.4. The molecule has 0 spiro atoms. The van der Waals surface area contributed by atoms with Crippen LogP contribution in [0.2, 0.25) is 5.15 Å². The van der Waals surface area contributed by atoms with Crippen LogP contribution in [-0.2, 0) is 0 Å². The van der Waals surface area contributed by atoms with Crippen molar-refractivity contribution in [3.05, 3.63) is 65.6 Å². The van der Waals surface area contributed by atoms with Crippen LogP contribution in [0, 0.1) is 0 Å². The smallest absolute Gasteiger partial charge is 0.257 e. The molecule has 0 radical (unpaired) electrons. The molecular formula is C15H10ClN3O. The Morgan fingerprint density at radius 1 is 1.00 bits per heavy atom. The largest absolute Gasteiger partial charge is 0.305 e. The fraction of sp³-hybridized carbons (Fsp3) is 0. The van der Waals surface area contributed by atoms with Crippen LogP contribution in [0.3, 0.4) is 0 Å². The van der Waals surface area contributed by atoms with Gasteiger partial charge in [0.2, 0.25) is 0 Å². The van der Waals surface area contributed by atoms with Crippen LogP contribution in [-0.4, -0.2) is 15.9 Å².